The molecule has 2 aromatic rings. The van der Waals surface area contributed by atoms with E-state index in [0.29, 0.717) is 11.6 Å². The van der Waals surface area contributed by atoms with Crippen LogP contribution in [0, 0.1) is 0 Å². The summed E-state index contributed by atoms with van der Waals surface area (Å²) in [6, 6.07) is 3.67. The summed E-state index contributed by atoms with van der Waals surface area (Å²) >= 11 is 1.88. The largest absolute Gasteiger partial charge is 0.461 e. The Balaban J connectivity index is 0.00000312. The van der Waals surface area contributed by atoms with Gasteiger partial charge in [0.1, 0.15) is 5.82 Å². The Morgan fingerprint density at radius 1 is 1.36 bits per heavy atom. The Hall–Kier alpha value is -1.23. The van der Waals surface area contributed by atoms with Crippen LogP contribution in [0.15, 0.2) is 27.8 Å². The lowest BCUT2D eigenvalue weighted by Gasteiger charge is -2.10. The van der Waals surface area contributed by atoms with Crippen LogP contribution >= 0.6 is 35.7 Å². The number of nitrogens with zero attached hydrogens (tertiary/aromatic N) is 3. The molecule has 2 aromatic heterocycles. The topological polar surface area (TPSA) is 91.1 Å². The Morgan fingerprint density at radius 3 is 2.96 bits per heavy atom. The molecule has 0 radical (unpaired) electrons. The first kappa shape index (κ1) is 21.8. The van der Waals surface area contributed by atoms with E-state index in [1.807, 2.05) is 23.9 Å². The van der Waals surface area contributed by atoms with Gasteiger partial charge in [0.25, 0.3) is 0 Å². The molecular weight excluding hydrogens is 451 g/mol. The predicted octanol–water partition coefficient (Wildman–Crippen LogP) is 2.92. The minimum atomic E-state index is 0. The van der Waals surface area contributed by atoms with Crippen molar-refractivity contribution in [2.24, 2.45) is 4.99 Å². The lowest BCUT2D eigenvalue weighted by molar-refractivity contribution is 0.577. The van der Waals surface area contributed by atoms with Gasteiger partial charge in [0.15, 0.2) is 11.7 Å². The van der Waals surface area contributed by atoms with E-state index in [-0.39, 0.29) is 24.0 Å². The van der Waals surface area contributed by atoms with Crippen molar-refractivity contribution in [2.75, 3.05) is 31.6 Å². The van der Waals surface area contributed by atoms with E-state index in [4.69, 9.17) is 4.42 Å². The third-order valence-corrected chi connectivity index (χ3v) is 4.00. The van der Waals surface area contributed by atoms with Crippen LogP contribution in [-0.2, 0) is 6.42 Å². The molecule has 0 bridgehead atoms. The molecule has 0 aliphatic rings. The second-order valence-electron chi connectivity index (χ2n) is 5.22. The number of hydrogen-bond donors (Lipinski definition) is 3. The van der Waals surface area contributed by atoms with E-state index >= 15 is 0 Å². The number of furan rings is 1. The summed E-state index contributed by atoms with van der Waals surface area (Å²) in [5.74, 6) is 4.13. The summed E-state index contributed by atoms with van der Waals surface area (Å²) in [5.41, 5.74) is 0. The molecule has 0 unspecified atom stereocenters. The van der Waals surface area contributed by atoms with Gasteiger partial charge in [-0.1, -0.05) is 0 Å². The summed E-state index contributed by atoms with van der Waals surface area (Å²) in [5, 5.41) is 13.7. The Morgan fingerprint density at radius 2 is 2.24 bits per heavy atom. The van der Waals surface area contributed by atoms with Gasteiger partial charge in [0.05, 0.1) is 6.26 Å². The van der Waals surface area contributed by atoms with Gasteiger partial charge in [-0.25, -0.2) is 4.98 Å². The van der Waals surface area contributed by atoms with Gasteiger partial charge in [-0.05, 0) is 43.9 Å². The fraction of sp³-hybridized carbons (Fsp3) is 0.562. The van der Waals surface area contributed by atoms with Crippen LogP contribution in [0.3, 0.4) is 0 Å². The molecule has 0 fully saturated rings. The number of H-pyrrole nitrogens is 1. The summed E-state index contributed by atoms with van der Waals surface area (Å²) in [4.78, 5) is 9.01. The molecule has 0 aliphatic heterocycles. The second kappa shape index (κ2) is 13.0. The summed E-state index contributed by atoms with van der Waals surface area (Å²) in [7, 11) is 0. The highest BCUT2D eigenvalue weighted by Gasteiger charge is 2.08. The van der Waals surface area contributed by atoms with E-state index in [1.165, 1.54) is 12.2 Å². The number of thioether (sulfide) groups is 1. The number of nitrogens with one attached hydrogen (secondary N) is 3. The van der Waals surface area contributed by atoms with Crippen LogP contribution in [0.2, 0.25) is 0 Å². The Kier molecular flexibility index (Phi) is 11.4. The molecule has 0 saturated carbocycles. The second-order valence-corrected chi connectivity index (χ2v) is 6.21. The first-order valence-corrected chi connectivity index (χ1v) is 9.69. The molecule has 9 heteroatoms. The van der Waals surface area contributed by atoms with E-state index in [9.17, 15) is 0 Å². The monoisotopic (exact) mass is 478 g/mol. The lowest BCUT2D eigenvalue weighted by Crippen LogP contribution is -2.38. The van der Waals surface area contributed by atoms with Crippen LogP contribution in [0.25, 0.3) is 11.6 Å². The van der Waals surface area contributed by atoms with Crippen LogP contribution in [0.4, 0.5) is 0 Å². The van der Waals surface area contributed by atoms with Crippen molar-refractivity contribution in [3.63, 3.8) is 0 Å². The van der Waals surface area contributed by atoms with Crippen molar-refractivity contribution in [3.05, 3.63) is 24.2 Å². The summed E-state index contributed by atoms with van der Waals surface area (Å²) in [6.07, 6.45) is 6.81. The number of rotatable bonds is 10. The summed E-state index contributed by atoms with van der Waals surface area (Å²) < 4.78 is 5.29. The molecule has 7 nitrogen and oxygen atoms in total. The van der Waals surface area contributed by atoms with E-state index in [2.05, 4.69) is 44.0 Å². The van der Waals surface area contributed by atoms with Crippen LogP contribution in [-0.4, -0.2) is 52.8 Å². The number of halogens is 1. The maximum atomic E-state index is 5.29. The minimum absolute atomic E-state index is 0. The first-order valence-electron chi connectivity index (χ1n) is 8.29. The standard InChI is InChI=1S/C16H26N6OS.HI/c1-3-17-16(18-9-4-5-12-24-2)19-10-8-14-20-15(22-21-14)13-7-6-11-23-13;/h6-7,11H,3-5,8-10,12H2,1-2H3,(H2,17,18,19)(H,20,21,22);1H. The third-order valence-electron chi connectivity index (χ3n) is 3.30. The molecule has 0 amide bonds. The zero-order valence-corrected chi connectivity index (χ0v) is 17.9. The van der Waals surface area contributed by atoms with Gasteiger partial charge >= 0.3 is 0 Å². The van der Waals surface area contributed by atoms with Crippen molar-refractivity contribution in [1.82, 2.24) is 25.8 Å². The number of aromatic amines is 1. The number of aliphatic imine (C=N–C) groups is 1. The maximum absolute atomic E-state index is 5.29. The molecule has 0 spiro atoms. The van der Waals surface area contributed by atoms with Crippen LogP contribution < -0.4 is 10.6 Å². The molecule has 2 heterocycles. The van der Waals surface area contributed by atoms with Crippen molar-refractivity contribution in [3.8, 4) is 11.6 Å². The molecule has 3 N–H and O–H groups in total. The highest BCUT2D eigenvalue weighted by atomic mass is 127. The van der Waals surface area contributed by atoms with E-state index in [0.717, 1.165) is 44.3 Å². The van der Waals surface area contributed by atoms with Gasteiger partial charge in [-0.2, -0.15) is 16.9 Å². The van der Waals surface area contributed by atoms with Gasteiger partial charge in [-0.15, -0.1) is 24.0 Å². The van der Waals surface area contributed by atoms with Gasteiger partial charge < -0.3 is 15.1 Å². The molecule has 0 saturated heterocycles. The van der Waals surface area contributed by atoms with Gasteiger partial charge in [0.2, 0.25) is 5.82 Å². The average molecular weight is 478 g/mol. The molecule has 2 rings (SSSR count). The molecule has 140 valence electrons. The SMILES string of the molecule is CCNC(=NCCCCSC)NCCc1nc(-c2ccco2)n[nH]1.I. The van der Waals surface area contributed by atoms with Crippen molar-refractivity contribution in [1.29, 1.82) is 0 Å². The lowest BCUT2D eigenvalue weighted by atomic mass is 10.3. The number of hydrogen-bond acceptors (Lipinski definition) is 5. The molecule has 0 aromatic carbocycles. The van der Waals surface area contributed by atoms with Gasteiger partial charge in [-0.3, -0.25) is 10.1 Å². The predicted molar refractivity (Wildman–Crippen MR) is 115 cm³/mol. The minimum Gasteiger partial charge on any atom is -0.461 e. The highest BCUT2D eigenvalue weighted by Crippen LogP contribution is 2.14. The quantitative estimate of drug-likeness (QED) is 0.211. The van der Waals surface area contributed by atoms with Crippen molar-refractivity contribution >= 4 is 41.7 Å². The van der Waals surface area contributed by atoms with Gasteiger partial charge in [0, 0.05) is 26.1 Å². The maximum Gasteiger partial charge on any atom is 0.216 e. The normalized spacial score (nSPS) is 11.2. The Labute approximate surface area is 170 Å². The smallest absolute Gasteiger partial charge is 0.216 e. The first-order chi connectivity index (χ1) is 11.8. The Bertz CT molecular complexity index is 602. The number of aromatic nitrogens is 3. The van der Waals surface area contributed by atoms with Crippen molar-refractivity contribution in [2.45, 2.75) is 26.2 Å². The fourth-order valence-corrected chi connectivity index (χ4v) is 2.61. The highest BCUT2D eigenvalue weighted by molar-refractivity contribution is 14.0. The van der Waals surface area contributed by atoms with Crippen molar-refractivity contribution < 1.29 is 4.42 Å². The molecule has 0 aliphatic carbocycles. The summed E-state index contributed by atoms with van der Waals surface area (Å²) in [6.45, 7) is 4.50. The average Bonchev–Trinajstić information content (AvgIpc) is 3.26. The zero-order valence-electron chi connectivity index (χ0n) is 14.7. The van der Waals surface area contributed by atoms with E-state index in [1.54, 1.807) is 6.26 Å². The van der Waals surface area contributed by atoms with Crippen LogP contribution in [0.1, 0.15) is 25.6 Å². The van der Waals surface area contributed by atoms with Crippen LogP contribution in [0.5, 0.6) is 0 Å². The molecule has 0 atom stereocenters. The van der Waals surface area contributed by atoms with E-state index < -0.39 is 0 Å². The molecular formula is C16H27IN6OS. The molecule has 25 heavy (non-hydrogen) atoms. The fourth-order valence-electron chi connectivity index (χ4n) is 2.11. The number of unbranched alkanes of at least 4 members (excludes halogenated alkanes) is 1. The number of guanidine groups is 1. The third kappa shape index (κ3) is 8.13. The zero-order chi connectivity index (χ0) is 17.0.